The van der Waals surface area contributed by atoms with E-state index in [1.54, 1.807) is 94.4 Å². The summed E-state index contributed by atoms with van der Waals surface area (Å²) in [6.45, 7) is 11.4. The van der Waals surface area contributed by atoms with Gasteiger partial charge in [0.1, 0.15) is 102 Å². The molecule has 2 unspecified atom stereocenters. The van der Waals surface area contributed by atoms with E-state index in [4.69, 9.17) is 206 Å². The number of likely N-dealkylation sites (N-methyl/N-ethyl adjacent to an activating group) is 1. The quantitative estimate of drug-likeness (QED) is 0.00260. The van der Waals surface area contributed by atoms with Crippen molar-refractivity contribution in [2.24, 2.45) is 5.16 Å². The number of benzene rings is 9. The Labute approximate surface area is 777 Å². The molecule has 0 fully saturated rings. The molecular weight excluding hydrogens is 1950 g/mol. The standard InChI is InChI=1S/C19H18F3NO4.C18H15F3O4.C17H16Cl2N2O5.C11H9Cl5O3.C8H7Cl3O2.C8H8Cl2O5S/c1-12(2)23-27-18(24)13(3)25-15-8-10-17(11-9-15)26-16-6-4-14(5-7-16)19(20,21)22;1-12(2-11-17(22)23)24-14-7-9-16(10-8-14)25-15-5-3-13(4-6-15)18(19,20)21;1-3-20-17(22)10(2)25-16-9-12(5-6-14(16)21(23)24)26-15-7-4-11(18)8-13(15)19;1-11(15,16)10(17)19-3-2-18-9-5-7(13)6(12)4-8(9)14;9-5-3-7(11)8(4-6(5)10)13-2-1-12;9-6-1-2-8(7(10)5-6)14-3-4-15-16(11,12)13/h4-11,13H,1-3H3;2-12H,1H3,(H,22,23);4-10H,3H2,1-2H3,(H,20,22);4-5H,2-3H2,1H3;3-4,12H,1-2H2;1-2,5H,3-4H2,(H,11,12,13)/b;11-2+;;;;/t13-;;;;;/m1...../s1. The van der Waals surface area contributed by atoms with Gasteiger partial charge in [-0.1, -0.05) is 144 Å². The van der Waals surface area contributed by atoms with Crippen LogP contribution in [0, 0.1) is 10.1 Å². The van der Waals surface area contributed by atoms with Crippen LogP contribution in [0.4, 0.5) is 32.0 Å². The first-order chi connectivity index (χ1) is 58.9. The zero-order chi connectivity index (χ0) is 94.4. The molecule has 26 nitrogen and oxygen atoms in total. The molecule has 1 amide bonds. The van der Waals surface area contributed by atoms with Crippen molar-refractivity contribution in [3.8, 4) is 69.0 Å². The highest BCUT2D eigenvalue weighted by atomic mass is 35.5. The lowest BCUT2D eigenvalue weighted by molar-refractivity contribution is -0.386. The van der Waals surface area contributed by atoms with Gasteiger partial charge in [-0.05, 0) is 206 Å². The number of hydrogen-bond donors (Lipinski definition) is 4. The highest BCUT2D eigenvalue weighted by molar-refractivity contribution is 7.80. The number of nitrogens with one attached hydrogen (secondary N) is 1. The van der Waals surface area contributed by atoms with Gasteiger partial charge in [0.25, 0.3) is 5.91 Å². The van der Waals surface area contributed by atoms with Gasteiger partial charge in [0.15, 0.2) is 12.2 Å². The number of carboxylic acids is 1. The van der Waals surface area contributed by atoms with Gasteiger partial charge >= 0.3 is 46.3 Å². The molecule has 9 rings (SSSR count). The number of hydrogen-bond acceptors (Lipinski definition) is 22. The van der Waals surface area contributed by atoms with Crippen LogP contribution in [-0.4, -0.2) is 126 Å². The Morgan fingerprint density at radius 2 is 0.921 bits per heavy atom. The first-order valence-corrected chi connectivity index (χ1v) is 41.5. The van der Waals surface area contributed by atoms with Gasteiger partial charge in [0.05, 0.1) is 68.5 Å². The van der Waals surface area contributed by atoms with Crippen molar-refractivity contribution in [3.05, 3.63) is 260 Å². The molecule has 3 atom stereocenters. The predicted molar refractivity (Wildman–Crippen MR) is 468 cm³/mol. The Morgan fingerprint density at radius 1 is 0.508 bits per heavy atom. The SMILES string of the molecule is CC(/C=C/C(=O)O)Oc1ccc(Oc2ccc(C(F)(F)F)cc2)cc1.CC(C)=NOC(=O)[C@@H](C)Oc1ccc(Oc2ccc(C(F)(F)F)cc2)cc1.CC(Cl)(Cl)C(=O)OCCOc1cc(Cl)c(Cl)cc1Cl.CCNC(=O)C(C)Oc1cc(Oc2ccc(Cl)cc2Cl)ccc1[N+](=O)[O-].O=S(=O)(O)OCCOc1ccc(Cl)cc1Cl.OCCOc1cc(Cl)c(Cl)cc1Cl. The number of aliphatic hydroxyl groups excluding tert-OH is 1. The van der Waals surface area contributed by atoms with Gasteiger partial charge in [-0.15, -0.1) is 0 Å². The number of nitrogens with zero attached hydrogens (tertiary/aromatic N) is 2. The maximum atomic E-state index is 12.5. The topological polar surface area (TPSA) is 341 Å². The minimum atomic E-state index is -4.43. The zero-order valence-electron chi connectivity index (χ0n) is 66.2. The molecule has 0 aliphatic carbocycles. The minimum Gasteiger partial charge on any atom is -0.490 e. The monoisotopic (exact) mass is 2020 g/mol. The second-order valence-corrected chi connectivity index (χ2v) is 31.6. The van der Waals surface area contributed by atoms with E-state index >= 15 is 0 Å². The molecule has 0 radical (unpaired) electrons. The number of rotatable bonds is 32. The first-order valence-electron chi connectivity index (χ1n) is 35.6. The van der Waals surface area contributed by atoms with Crippen molar-refractivity contribution in [1.82, 2.24) is 5.32 Å². The zero-order valence-corrected chi connectivity index (χ0v) is 76.1. The van der Waals surface area contributed by atoms with Crippen molar-refractivity contribution in [3.63, 3.8) is 0 Å². The number of ether oxygens (including phenoxy) is 10. The molecule has 0 spiro atoms. The Balaban J connectivity index is 0.000000322. The number of esters is 1. The molecule has 4 N–H and O–H groups in total. The number of carboxylic acid groups (broad SMARTS) is 1. The lowest BCUT2D eigenvalue weighted by Crippen LogP contribution is -2.36. The van der Waals surface area contributed by atoms with Crippen LogP contribution in [0.3, 0.4) is 0 Å². The van der Waals surface area contributed by atoms with Crippen LogP contribution in [-0.2, 0) is 55.7 Å². The van der Waals surface area contributed by atoms with E-state index < -0.39 is 79.4 Å². The van der Waals surface area contributed by atoms with Crippen molar-refractivity contribution >= 4 is 185 Å². The summed E-state index contributed by atoms with van der Waals surface area (Å²) in [6, 6.07) is 40.7. The Morgan fingerprint density at radius 3 is 1.34 bits per heavy atom. The van der Waals surface area contributed by atoms with Gasteiger partial charge in [-0.3, -0.25) is 19.5 Å². The van der Waals surface area contributed by atoms with Gasteiger partial charge in [0, 0.05) is 46.9 Å². The van der Waals surface area contributed by atoms with Crippen molar-refractivity contribution < 1.29 is 130 Å². The highest BCUT2D eigenvalue weighted by Gasteiger charge is 2.32. The smallest absolute Gasteiger partial charge is 0.416 e. The van der Waals surface area contributed by atoms with Crippen LogP contribution in [0.15, 0.2) is 193 Å². The average Bonchev–Trinajstić information content (AvgIpc) is 0.826. The summed E-state index contributed by atoms with van der Waals surface area (Å²) < 4.78 is 160. The number of amides is 1. The van der Waals surface area contributed by atoms with Crippen LogP contribution >= 0.6 is 139 Å². The first kappa shape index (κ1) is 109. The van der Waals surface area contributed by atoms with E-state index in [2.05, 4.69) is 14.7 Å². The highest BCUT2D eigenvalue weighted by Crippen LogP contribution is 2.40. The normalized spacial score (nSPS) is 11.7. The van der Waals surface area contributed by atoms with Crippen molar-refractivity contribution in [1.29, 1.82) is 0 Å². The van der Waals surface area contributed by atoms with Crippen LogP contribution in [0.25, 0.3) is 0 Å². The number of alkyl halides is 8. The van der Waals surface area contributed by atoms with E-state index in [9.17, 15) is 64.1 Å². The Bertz CT molecular complexity index is 5240. The summed E-state index contributed by atoms with van der Waals surface area (Å²) in [4.78, 5) is 60.5. The summed E-state index contributed by atoms with van der Waals surface area (Å²) in [5, 5.41) is 38.0. The second kappa shape index (κ2) is 53.5. The maximum absolute atomic E-state index is 12.5. The van der Waals surface area contributed by atoms with Gasteiger partial charge in [-0.2, -0.15) is 34.8 Å². The van der Waals surface area contributed by atoms with E-state index in [-0.39, 0.29) is 79.3 Å². The molecule has 45 heteroatoms. The summed E-state index contributed by atoms with van der Waals surface area (Å²) in [7, 11) is -4.43. The Kier molecular flexibility index (Phi) is 46.3. The number of aliphatic carboxylic acids is 1. The van der Waals surface area contributed by atoms with Crippen LogP contribution in [0.1, 0.15) is 59.6 Å². The van der Waals surface area contributed by atoms with Gasteiger partial charge in [-0.25, -0.2) is 18.6 Å². The maximum Gasteiger partial charge on any atom is 0.416 e. The molecule has 0 aliphatic rings. The van der Waals surface area contributed by atoms with Crippen molar-refractivity contribution in [2.45, 2.75) is 83.5 Å². The average molecular weight is 2030 g/mol. The van der Waals surface area contributed by atoms with Gasteiger partial charge in [0.2, 0.25) is 10.1 Å². The predicted octanol–water partition coefficient (Wildman–Crippen LogP) is 24.7. The molecule has 9 aromatic carbocycles. The molecule has 682 valence electrons. The van der Waals surface area contributed by atoms with Crippen LogP contribution in [0.2, 0.25) is 50.2 Å². The summed E-state index contributed by atoms with van der Waals surface area (Å²) in [5.74, 6) is 1.07. The van der Waals surface area contributed by atoms with Crippen LogP contribution in [0.5, 0.6) is 69.0 Å². The third-order valence-corrected chi connectivity index (χ3v) is 18.1. The fourth-order valence-corrected chi connectivity index (χ4v) is 11.0. The molecule has 9 aromatic rings. The third-order valence-electron chi connectivity index (χ3n) is 14.2. The van der Waals surface area contributed by atoms with Crippen LogP contribution < -0.4 is 47.9 Å². The molecule has 0 aliphatic heterocycles. The van der Waals surface area contributed by atoms with E-state index in [0.717, 1.165) is 30.3 Å². The number of oxime groups is 1. The summed E-state index contributed by atoms with van der Waals surface area (Å²) >= 11 is 69.1. The fourth-order valence-electron chi connectivity index (χ4n) is 8.53. The summed E-state index contributed by atoms with van der Waals surface area (Å²) in [5.41, 5.74) is -1.18. The van der Waals surface area contributed by atoms with Gasteiger partial charge < -0.3 is 67.7 Å². The van der Waals surface area contributed by atoms with E-state index in [1.807, 2.05) is 0 Å². The van der Waals surface area contributed by atoms with Crippen molar-refractivity contribution in [2.75, 3.05) is 46.2 Å². The number of carbonyl (C=O) groups is 4. The second-order valence-electron chi connectivity index (χ2n) is 24.6. The van der Waals surface area contributed by atoms with E-state index in [1.165, 1.54) is 112 Å². The molecule has 0 saturated heterocycles. The van der Waals surface area contributed by atoms with E-state index in [0.29, 0.717) is 103 Å². The lowest BCUT2D eigenvalue weighted by Gasteiger charge is -2.15. The molecule has 0 bridgehead atoms. The molecule has 0 aromatic heterocycles. The third kappa shape index (κ3) is 42.1. The molecule has 0 saturated carbocycles. The molecule has 126 heavy (non-hydrogen) atoms. The fraction of sp³-hybridized carbons (Fsp3) is 0.247. The molecular formula is C81H73Cl12F6N3O23S. The largest absolute Gasteiger partial charge is 0.490 e. The minimum absolute atomic E-state index is 0.0234. The number of carbonyl (C=O) groups excluding carboxylic acids is 3. The number of nitro groups is 1. The number of nitro benzene ring substituents is 1. The summed E-state index contributed by atoms with van der Waals surface area (Å²) in [6.07, 6.45) is -8.60. The number of halogens is 18. The number of aliphatic hydroxyl groups is 1. The Hall–Kier alpha value is -9.24. The molecule has 0 heterocycles. The lowest BCUT2D eigenvalue weighted by atomic mass is 10.2.